The minimum atomic E-state index is -0.404. The highest BCUT2D eigenvalue weighted by Crippen LogP contribution is 2.18. The Kier molecular flexibility index (Phi) is 7.06. The van der Waals surface area contributed by atoms with Gasteiger partial charge >= 0.3 is 0 Å². The van der Waals surface area contributed by atoms with Gasteiger partial charge in [-0.05, 0) is 42.9 Å². The van der Waals surface area contributed by atoms with Gasteiger partial charge in [-0.3, -0.25) is 9.79 Å². The van der Waals surface area contributed by atoms with Crippen LogP contribution in [0.4, 0.5) is 0 Å². The van der Waals surface area contributed by atoms with E-state index in [1.165, 1.54) is 0 Å². The maximum Gasteiger partial charge on any atom is 0.248 e. The van der Waals surface area contributed by atoms with Crippen LogP contribution >= 0.6 is 0 Å². The normalized spacial score (nSPS) is 16.0. The first-order chi connectivity index (χ1) is 11.6. The topological polar surface area (TPSA) is 79.9 Å². The molecule has 0 radical (unpaired) electrons. The lowest BCUT2D eigenvalue weighted by Crippen LogP contribution is -2.39. The summed E-state index contributed by atoms with van der Waals surface area (Å²) in [6.07, 6.45) is 3.48. The molecular weight excluding hydrogens is 304 g/mol. The Morgan fingerprint density at radius 2 is 2.00 bits per heavy atom. The van der Waals surface area contributed by atoms with Crippen molar-refractivity contribution in [3.8, 4) is 0 Å². The average Bonchev–Trinajstić information content (AvgIpc) is 2.61. The molecule has 1 fully saturated rings. The molecule has 0 saturated carbocycles. The van der Waals surface area contributed by atoms with Crippen LogP contribution in [0, 0.1) is 5.92 Å². The second kappa shape index (κ2) is 9.27. The molecule has 24 heavy (non-hydrogen) atoms. The van der Waals surface area contributed by atoms with E-state index in [4.69, 9.17) is 10.5 Å². The molecule has 1 saturated heterocycles. The van der Waals surface area contributed by atoms with Crippen LogP contribution in [0.1, 0.15) is 35.2 Å². The number of hydrogen-bond donors (Lipinski definition) is 2. The number of ether oxygens (including phenoxy) is 1. The molecule has 0 spiro atoms. The number of guanidine groups is 1. The number of hydrogen-bond acceptors (Lipinski definition) is 3. The third kappa shape index (κ3) is 5.53. The summed E-state index contributed by atoms with van der Waals surface area (Å²) >= 11 is 0. The fraction of sp³-hybridized carbons (Fsp3) is 0.556. The number of nitrogens with one attached hydrogen (secondary N) is 1. The van der Waals surface area contributed by atoms with E-state index in [9.17, 15) is 4.79 Å². The molecule has 6 heteroatoms. The van der Waals surface area contributed by atoms with Gasteiger partial charge in [0.05, 0.1) is 0 Å². The van der Waals surface area contributed by atoms with E-state index < -0.39 is 5.91 Å². The summed E-state index contributed by atoms with van der Waals surface area (Å²) in [5.74, 6) is 1.22. The first-order valence-corrected chi connectivity index (χ1v) is 8.48. The fourth-order valence-corrected chi connectivity index (χ4v) is 2.87. The van der Waals surface area contributed by atoms with E-state index in [2.05, 4.69) is 22.3 Å². The lowest BCUT2D eigenvalue weighted by Gasteiger charge is -2.26. The number of primary amides is 1. The summed E-state index contributed by atoms with van der Waals surface area (Å²) in [4.78, 5) is 17.6. The Hall–Kier alpha value is -2.08. The Morgan fingerprint density at radius 3 is 2.58 bits per heavy atom. The number of carbonyl (C=O) groups is 1. The van der Waals surface area contributed by atoms with Crippen molar-refractivity contribution in [2.75, 3.05) is 33.9 Å². The van der Waals surface area contributed by atoms with Crippen LogP contribution < -0.4 is 11.1 Å². The highest BCUT2D eigenvalue weighted by Gasteiger charge is 2.15. The first-order valence-electron chi connectivity index (χ1n) is 8.48. The number of benzene rings is 1. The molecule has 1 aromatic rings. The zero-order chi connectivity index (χ0) is 17.4. The Balaban J connectivity index is 1.79. The van der Waals surface area contributed by atoms with E-state index in [0.29, 0.717) is 12.1 Å². The number of rotatable bonds is 6. The molecule has 0 unspecified atom stereocenters. The molecule has 3 N–H and O–H groups in total. The Bertz CT molecular complexity index is 551. The SMILES string of the molecule is CN=C(NCc1ccc(C(N)=O)cc1)N(C)CCC1CCOCC1. The number of amides is 1. The molecule has 1 aliphatic heterocycles. The Labute approximate surface area is 144 Å². The third-order valence-corrected chi connectivity index (χ3v) is 4.48. The van der Waals surface area contributed by atoms with Crippen molar-refractivity contribution in [3.05, 3.63) is 35.4 Å². The van der Waals surface area contributed by atoms with Crippen molar-refractivity contribution in [2.24, 2.45) is 16.6 Å². The second-order valence-electron chi connectivity index (χ2n) is 6.23. The van der Waals surface area contributed by atoms with Gasteiger partial charge in [-0.15, -0.1) is 0 Å². The van der Waals surface area contributed by atoms with Crippen molar-refractivity contribution in [1.82, 2.24) is 10.2 Å². The fourth-order valence-electron chi connectivity index (χ4n) is 2.87. The molecule has 0 aromatic heterocycles. The summed E-state index contributed by atoms with van der Waals surface area (Å²) in [6.45, 7) is 3.42. The van der Waals surface area contributed by atoms with Gasteiger partial charge in [-0.2, -0.15) is 0 Å². The Morgan fingerprint density at radius 1 is 1.33 bits per heavy atom. The van der Waals surface area contributed by atoms with Crippen molar-refractivity contribution in [2.45, 2.75) is 25.8 Å². The molecule has 1 amide bonds. The van der Waals surface area contributed by atoms with Gasteiger partial charge in [-0.1, -0.05) is 12.1 Å². The lowest BCUT2D eigenvalue weighted by atomic mass is 9.96. The summed E-state index contributed by atoms with van der Waals surface area (Å²) in [6, 6.07) is 7.30. The van der Waals surface area contributed by atoms with Gasteiger partial charge < -0.3 is 20.7 Å². The van der Waals surface area contributed by atoms with E-state index in [0.717, 1.165) is 56.5 Å². The van der Waals surface area contributed by atoms with E-state index in [1.54, 1.807) is 19.2 Å². The first kappa shape index (κ1) is 18.3. The second-order valence-corrected chi connectivity index (χ2v) is 6.23. The highest BCUT2D eigenvalue weighted by atomic mass is 16.5. The highest BCUT2D eigenvalue weighted by molar-refractivity contribution is 5.92. The van der Waals surface area contributed by atoms with E-state index in [1.807, 2.05) is 12.1 Å². The zero-order valence-electron chi connectivity index (χ0n) is 14.6. The van der Waals surface area contributed by atoms with Crippen LogP contribution in [-0.4, -0.2) is 50.6 Å². The predicted octanol–water partition coefficient (Wildman–Crippen LogP) is 1.61. The van der Waals surface area contributed by atoms with Crippen LogP contribution in [0.25, 0.3) is 0 Å². The molecule has 132 valence electrons. The molecule has 1 aliphatic rings. The van der Waals surface area contributed by atoms with Crippen LogP contribution in [-0.2, 0) is 11.3 Å². The minimum Gasteiger partial charge on any atom is -0.381 e. The summed E-state index contributed by atoms with van der Waals surface area (Å²) in [5.41, 5.74) is 6.86. The monoisotopic (exact) mass is 332 g/mol. The van der Waals surface area contributed by atoms with Crippen molar-refractivity contribution in [1.29, 1.82) is 0 Å². The standard InChI is InChI=1S/C18H28N4O2/c1-20-18(22(2)10-7-14-8-11-24-12-9-14)21-13-15-3-5-16(6-4-15)17(19)23/h3-6,14H,7-13H2,1-2H3,(H2,19,23)(H,20,21). The maximum atomic E-state index is 11.1. The number of carbonyl (C=O) groups excluding carboxylic acids is 1. The molecule has 0 atom stereocenters. The largest absolute Gasteiger partial charge is 0.381 e. The number of nitrogens with zero attached hydrogens (tertiary/aromatic N) is 2. The van der Waals surface area contributed by atoms with Gasteiger partial charge in [-0.25, -0.2) is 0 Å². The molecule has 1 aromatic carbocycles. The van der Waals surface area contributed by atoms with Crippen molar-refractivity contribution in [3.63, 3.8) is 0 Å². The van der Waals surface area contributed by atoms with Crippen molar-refractivity contribution < 1.29 is 9.53 Å². The lowest BCUT2D eigenvalue weighted by molar-refractivity contribution is 0.0625. The van der Waals surface area contributed by atoms with E-state index in [-0.39, 0.29) is 0 Å². The summed E-state index contributed by atoms with van der Waals surface area (Å²) in [5, 5.41) is 3.36. The van der Waals surface area contributed by atoms with Gasteiger partial charge in [0.2, 0.25) is 5.91 Å². The zero-order valence-corrected chi connectivity index (χ0v) is 14.6. The predicted molar refractivity (Wildman–Crippen MR) is 95.9 cm³/mol. The van der Waals surface area contributed by atoms with Gasteiger partial charge in [0.15, 0.2) is 5.96 Å². The van der Waals surface area contributed by atoms with Gasteiger partial charge in [0.25, 0.3) is 0 Å². The summed E-state index contributed by atoms with van der Waals surface area (Å²) in [7, 11) is 3.86. The number of nitrogens with two attached hydrogens (primary N) is 1. The maximum absolute atomic E-state index is 11.1. The minimum absolute atomic E-state index is 0.404. The molecule has 1 heterocycles. The molecule has 0 bridgehead atoms. The van der Waals surface area contributed by atoms with Crippen LogP contribution in [0.15, 0.2) is 29.3 Å². The van der Waals surface area contributed by atoms with Crippen LogP contribution in [0.2, 0.25) is 0 Å². The van der Waals surface area contributed by atoms with Gasteiger partial charge in [0.1, 0.15) is 0 Å². The van der Waals surface area contributed by atoms with Gasteiger partial charge in [0, 0.05) is 46.0 Å². The van der Waals surface area contributed by atoms with Crippen LogP contribution in [0.3, 0.4) is 0 Å². The average molecular weight is 332 g/mol. The van der Waals surface area contributed by atoms with Crippen molar-refractivity contribution >= 4 is 11.9 Å². The molecule has 6 nitrogen and oxygen atoms in total. The number of aliphatic imine (C=N–C) groups is 1. The molecule has 0 aliphatic carbocycles. The van der Waals surface area contributed by atoms with E-state index >= 15 is 0 Å². The third-order valence-electron chi connectivity index (χ3n) is 4.48. The smallest absolute Gasteiger partial charge is 0.248 e. The summed E-state index contributed by atoms with van der Waals surface area (Å²) < 4.78 is 5.41. The van der Waals surface area contributed by atoms with Crippen LogP contribution in [0.5, 0.6) is 0 Å². The quantitative estimate of drug-likeness (QED) is 0.613. The molecule has 2 rings (SSSR count). The molecular formula is C18H28N4O2.